The maximum absolute atomic E-state index is 5.71. The SMILES string of the molecule is Cc1ccc(CC(CSc2ccc(Br)cc2)NN)cc1C. The van der Waals surface area contributed by atoms with Gasteiger partial charge in [0.2, 0.25) is 0 Å². The molecule has 1 atom stereocenters. The molecule has 4 heteroatoms. The number of nitrogens with two attached hydrogens (primary N) is 1. The topological polar surface area (TPSA) is 38.0 Å². The van der Waals surface area contributed by atoms with Crippen LogP contribution in [0, 0.1) is 13.8 Å². The minimum atomic E-state index is 0.265. The highest BCUT2D eigenvalue weighted by Gasteiger charge is 2.09. The highest BCUT2D eigenvalue weighted by molar-refractivity contribution is 9.10. The summed E-state index contributed by atoms with van der Waals surface area (Å²) in [6, 6.07) is 15.3. The predicted molar refractivity (Wildman–Crippen MR) is 95.6 cm³/mol. The third kappa shape index (κ3) is 5.15. The minimum Gasteiger partial charge on any atom is -0.271 e. The number of rotatable bonds is 6. The smallest absolute Gasteiger partial charge is 0.0344 e. The van der Waals surface area contributed by atoms with Crippen molar-refractivity contribution >= 4 is 27.7 Å². The van der Waals surface area contributed by atoms with Crippen LogP contribution in [0.3, 0.4) is 0 Å². The molecule has 0 bridgehead atoms. The van der Waals surface area contributed by atoms with Crippen LogP contribution >= 0.6 is 27.7 Å². The summed E-state index contributed by atoms with van der Waals surface area (Å²) in [5.74, 6) is 6.66. The van der Waals surface area contributed by atoms with E-state index in [0.717, 1.165) is 16.6 Å². The van der Waals surface area contributed by atoms with Gasteiger partial charge in [0.15, 0.2) is 0 Å². The molecule has 0 fully saturated rings. The van der Waals surface area contributed by atoms with Gasteiger partial charge in [-0.3, -0.25) is 11.3 Å². The molecule has 0 saturated heterocycles. The van der Waals surface area contributed by atoms with E-state index in [2.05, 4.69) is 77.7 Å². The van der Waals surface area contributed by atoms with Gasteiger partial charge >= 0.3 is 0 Å². The molecule has 0 heterocycles. The Morgan fingerprint density at radius 3 is 2.43 bits per heavy atom. The summed E-state index contributed by atoms with van der Waals surface area (Å²) in [5.41, 5.74) is 6.94. The van der Waals surface area contributed by atoms with Crippen LogP contribution in [0.25, 0.3) is 0 Å². The minimum absolute atomic E-state index is 0.265. The molecule has 3 N–H and O–H groups in total. The van der Waals surface area contributed by atoms with Crippen LogP contribution in [0.4, 0.5) is 0 Å². The number of halogens is 1. The van der Waals surface area contributed by atoms with Crippen LogP contribution in [0.5, 0.6) is 0 Å². The van der Waals surface area contributed by atoms with E-state index in [0.29, 0.717) is 0 Å². The standard InChI is InChI=1S/C17H21BrN2S/c1-12-3-4-14(9-13(12)2)10-16(20-19)11-21-17-7-5-15(18)6-8-17/h3-9,16,20H,10-11,19H2,1-2H3. The van der Waals surface area contributed by atoms with Crippen molar-refractivity contribution in [3.05, 3.63) is 63.6 Å². The monoisotopic (exact) mass is 364 g/mol. The molecule has 0 aromatic heterocycles. The average Bonchev–Trinajstić information content (AvgIpc) is 2.49. The lowest BCUT2D eigenvalue weighted by Crippen LogP contribution is -2.38. The Hall–Kier alpha value is -0.810. The number of benzene rings is 2. The summed E-state index contributed by atoms with van der Waals surface area (Å²) < 4.78 is 1.11. The van der Waals surface area contributed by atoms with Crippen LogP contribution in [0.1, 0.15) is 16.7 Å². The maximum atomic E-state index is 5.71. The second-order valence-electron chi connectivity index (χ2n) is 5.25. The third-order valence-corrected chi connectivity index (χ3v) is 5.26. The van der Waals surface area contributed by atoms with Crippen molar-refractivity contribution in [2.24, 2.45) is 5.84 Å². The fraction of sp³-hybridized carbons (Fsp3) is 0.294. The quantitative estimate of drug-likeness (QED) is 0.457. The summed E-state index contributed by atoms with van der Waals surface area (Å²) >= 11 is 5.28. The normalized spacial score (nSPS) is 12.4. The Balaban J connectivity index is 1.93. The van der Waals surface area contributed by atoms with Crippen molar-refractivity contribution in [1.29, 1.82) is 0 Å². The van der Waals surface area contributed by atoms with Crippen LogP contribution in [0.15, 0.2) is 51.8 Å². The molecule has 0 radical (unpaired) electrons. The van der Waals surface area contributed by atoms with Gasteiger partial charge in [-0.2, -0.15) is 0 Å². The van der Waals surface area contributed by atoms with E-state index in [9.17, 15) is 0 Å². The first-order valence-corrected chi connectivity index (χ1v) is 8.77. The summed E-state index contributed by atoms with van der Waals surface area (Å²) in [4.78, 5) is 1.26. The molecule has 2 nitrogen and oxygen atoms in total. The van der Waals surface area contributed by atoms with Crippen LogP contribution in [-0.4, -0.2) is 11.8 Å². The molecule has 0 aliphatic rings. The van der Waals surface area contributed by atoms with Gasteiger partial charge < -0.3 is 0 Å². The van der Waals surface area contributed by atoms with E-state index in [1.54, 1.807) is 0 Å². The Bertz CT molecular complexity index is 584. The number of hydrogen-bond donors (Lipinski definition) is 2. The van der Waals surface area contributed by atoms with Crippen molar-refractivity contribution in [2.45, 2.75) is 31.2 Å². The lowest BCUT2D eigenvalue weighted by atomic mass is 10.0. The predicted octanol–water partition coefficient (Wildman–Crippen LogP) is 4.23. The Morgan fingerprint density at radius 2 is 1.81 bits per heavy atom. The van der Waals surface area contributed by atoms with Gasteiger partial charge in [0.1, 0.15) is 0 Å². The summed E-state index contributed by atoms with van der Waals surface area (Å²) in [6.07, 6.45) is 0.946. The molecule has 2 aromatic carbocycles. The number of aryl methyl sites for hydroxylation is 2. The van der Waals surface area contributed by atoms with Gasteiger partial charge in [-0.15, -0.1) is 11.8 Å². The molecule has 0 aliphatic heterocycles. The molecular weight excluding hydrogens is 344 g/mol. The van der Waals surface area contributed by atoms with E-state index >= 15 is 0 Å². The van der Waals surface area contributed by atoms with Crippen molar-refractivity contribution in [2.75, 3.05) is 5.75 Å². The average molecular weight is 365 g/mol. The highest BCUT2D eigenvalue weighted by atomic mass is 79.9. The molecule has 21 heavy (non-hydrogen) atoms. The van der Waals surface area contributed by atoms with Crippen molar-refractivity contribution in [3.8, 4) is 0 Å². The van der Waals surface area contributed by atoms with E-state index in [4.69, 9.17) is 5.84 Å². The lowest BCUT2D eigenvalue weighted by molar-refractivity contribution is 0.575. The second-order valence-corrected chi connectivity index (χ2v) is 7.26. The molecule has 0 amide bonds. The first kappa shape index (κ1) is 16.6. The first-order valence-electron chi connectivity index (χ1n) is 6.99. The van der Waals surface area contributed by atoms with Gasteiger partial charge in [-0.05, 0) is 61.2 Å². The van der Waals surface area contributed by atoms with E-state index in [1.165, 1.54) is 21.6 Å². The highest BCUT2D eigenvalue weighted by Crippen LogP contribution is 2.22. The second kappa shape index (κ2) is 7.99. The van der Waals surface area contributed by atoms with Crippen LogP contribution in [-0.2, 0) is 6.42 Å². The van der Waals surface area contributed by atoms with Gasteiger partial charge in [0.25, 0.3) is 0 Å². The molecule has 2 aromatic rings. The fourth-order valence-electron chi connectivity index (χ4n) is 2.11. The molecular formula is C17H21BrN2S. The number of nitrogens with one attached hydrogen (secondary N) is 1. The fourth-order valence-corrected chi connectivity index (χ4v) is 3.31. The van der Waals surface area contributed by atoms with Crippen molar-refractivity contribution < 1.29 is 0 Å². The lowest BCUT2D eigenvalue weighted by Gasteiger charge is -2.16. The molecule has 0 spiro atoms. The maximum Gasteiger partial charge on any atom is 0.0344 e. The molecule has 0 saturated carbocycles. The molecule has 2 rings (SSSR count). The Labute approximate surface area is 139 Å². The van der Waals surface area contributed by atoms with Gasteiger partial charge in [-0.1, -0.05) is 34.1 Å². The molecule has 1 unspecified atom stereocenters. The Morgan fingerprint density at radius 1 is 1.10 bits per heavy atom. The summed E-state index contributed by atoms with van der Waals surface area (Å²) in [6.45, 7) is 4.29. The van der Waals surface area contributed by atoms with Crippen molar-refractivity contribution in [3.63, 3.8) is 0 Å². The molecule has 0 aliphatic carbocycles. The Kier molecular flexibility index (Phi) is 6.30. The number of hydrazine groups is 1. The summed E-state index contributed by atoms with van der Waals surface area (Å²) in [7, 11) is 0. The van der Waals surface area contributed by atoms with E-state index in [-0.39, 0.29) is 6.04 Å². The largest absolute Gasteiger partial charge is 0.271 e. The molecule has 112 valence electrons. The zero-order valence-corrected chi connectivity index (χ0v) is 14.8. The van der Waals surface area contributed by atoms with Crippen LogP contribution in [0.2, 0.25) is 0 Å². The van der Waals surface area contributed by atoms with E-state index < -0.39 is 0 Å². The summed E-state index contributed by atoms with van der Waals surface area (Å²) in [5, 5.41) is 0. The van der Waals surface area contributed by atoms with E-state index in [1.807, 2.05) is 11.8 Å². The number of thioether (sulfide) groups is 1. The van der Waals surface area contributed by atoms with Crippen molar-refractivity contribution in [1.82, 2.24) is 5.43 Å². The first-order chi connectivity index (χ1) is 10.1. The third-order valence-electron chi connectivity index (χ3n) is 3.55. The van der Waals surface area contributed by atoms with Gasteiger partial charge in [0, 0.05) is 21.2 Å². The zero-order chi connectivity index (χ0) is 15.2. The van der Waals surface area contributed by atoms with Crippen LogP contribution < -0.4 is 11.3 Å². The van der Waals surface area contributed by atoms with Gasteiger partial charge in [-0.25, -0.2) is 0 Å². The zero-order valence-electron chi connectivity index (χ0n) is 12.4. The van der Waals surface area contributed by atoms with Gasteiger partial charge in [0.05, 0.1) is 0 Å². The number of hydrogen-bond acceptors (Lipinski definition) is 3.